The molecule has 1 unspecified atom stereocenters. The molecule has 1 atom stereocenters. The first-order valence-corrected chi connectivity index (χ1v) is 36.2. The second-order valence-corrected chi connectivity index (χ2v) is 41.2. The van der Waals surface area contributed by atoms with Gasteiger partial charge in [-0.2, -0.15) is 0 Å². The van der Waals surface area contributed by atoms with E-state index < -0.39 is 38.0 Å². The molecule has 0 aromatic rings. The molecular weight excluding hydrogens is 870 g/mol. The zero-order valence-corrected chi connectivity index (χ0v) is 51.3. The Morgan fingerprint density at radius 1 is 0.409 bits per heavy atom. The molecule has 0 saturated heterocycles. The predicted octanol–water partition coefficient (Wildman–Crippen LogP) is 13.8. The average Bonchev–Trinajstić information content (AvgIpc) is 3.20. The van der Waals surface area contributed by atoms with E-state index in [0.29, 0.717) is 44.9 Å². The van der Waals surface area contributed by atoms with Crippen molar-refractivity contribution >= 4 is 39.5 Å². The van der Waals surface area contributed by atoms with Gasteiger partial charge in [0, 0.05) is 0 Å². The molecule has 0 bridgehead atoms. The predicted molar refractivity (Wildman–Crippen MR) is 310 cm³/mol. The molecule has 0 rings (SSSR count). The van der Waals surface area contributed by atoms with Gasteiger partial charge in [0.15, 0.2) is 0 Å². The Hall–Kier alpha value is -0.340. The Morgan fingerprint density at radius 3 is 0.894 bits per heavy atom. The van der Waals surface area contributed by atoms with Crippen LogP contribution in [0.5, 0.6) is 0 Å². The normalized spacial score (nSPS) is 14.9. The molecule has 10 heteroatoms. The van der Waals surface area contributed by atoms with Gasteiger partial charge >= 0.3 is 417 Å². The number of nitrogens with one attached hydrogen (secondary N) is 3. The van der Waals surface area contributed by atoms with Crippen LogP contribution in [0.2, 0.25) is 0 Å². The molecule has 3 amide bonds. The van der Waals surface area contributed by atoms with E-state index in [0.717, 1.165) is 19.3 Å². The fourth-order valence-electron chi connectivity index (χ4n) is 14.1. The van der Waals surface area contributed by atoms with Crippen LogP contribution < -0.4 is 16.0 Å². The maximum absolute atomic E-state index is 14.1. The molecule has 0 fully saturated rings. The SMILES string of the molecule is CCC[PH](CCC)(CCC)C(C)CC(C)(C)C(=O)NCCN(CCNC(=O)C(C)(C)CC(C)(C)[PH](CCC)(CCC)CCC)CCNC(=O)C(C)(C)CC(C)(C)[PH](CCC)(CCC)CCC. The number of amides is 3. The molecule has 0 aliphatic carbocycles. The van der Waals surface area contributed by atoms with Crippen molar-refractivity contribution in [3.8, 4) is 0 Å². The molecule has 0 saturated carbocycles. The van der Waals surface area contributed by atoms with E-state index in [1.54, 1.807) is 0 Å². The third kappa shape index (κ3) is 19.7. The Kier molecular flexibility index (Phi) is 30.4. The minimum absolute atomic E-state index is 0.132. The van der Waals surface area contributed by atoms with Crippen LogP contribution in [0.3, 0.4) is 0 Å². The van der Waals surface area contributed by atoms with Crippen molar-refractivity contribution in [1.82, 2.24) is 20.9 Å². The van der Waals surface area contributed by atoms with Crippen molar-refractivity contribution in [1.29, 1.82) is 0 Å². The van der Waals surface area contributed by atoms with Crippen LogP contribution in [-0.4, -0.2) is 133 Å². The Bertz CT molecular complexity index is 1260. The summed E-state index contributed by atoms with van der Waals surface area (Å²) in [7, 11) is -4.75. The zero-order valence-electron chi connectivity index (χ0n) is 48.3. The summed E-state index contributed by atoms with van der Waals surface area (Å²) in [6, 6.07) is 0. The number of rotatable bonds is 39. The number of carbonyl (C=O) groups excluding carboxylic acids is 3. The molecule has 398 valence electrons. The molecule has 66 heavy (non-hydrogen) atoms. The van der Waals surface area contributed by atoms with Crippen LogP contribution in [0, 0.1) is 16.2 Å². The van der Waals surface area contributed by atoms with Crippen LogP contribution in [0.15, 0.2) is 0 Å². The van der Waals surface area contributed by atoms with Crippen molar-refractivity contribution in [3.05, 3.63) is 0 Å². The van der Waals surface area contributed by atoms with Crippen molar-refractivity contribution in [2.75, 3.05) is 94.7 Å². The first-order chi connectivity index (χ1) is 30.6. The first kappa shape index (κ1) is 65.7. The van der Waals surface area contributed by atoms with E-state index in [9.17, 15) is 14.4 Å². The van der Waals surface area contributed by atoms with Gasteiger partial charge in [0.1, 0.15) is 0 Å². The van der Waals surface area contributed by atoms with Crippen molar-refractivity contribution < 1.29 is 14.4 Å². The molecule has 7 nitrogen and oxygen atoms in total. The standard InChI is InChI=1S/C56H121N4O3P3/c1-21-36-64(37-22-2,38-23-3)48(10)45-52(11,12)49(61)57-30-33-60(34-31-58-50(62)53(13,14)46-55(17,18)65(39-24-4,40-25-5)41-26-6)35-32-59-51(63)54(15,16)47-56(19,20)66(42-27-7,43-28-8)44-29-9/h48,64-66H,21-47H2,1-20H3,(H,57,61)(H,58,62)(H,59,63). The van der Waals surface area contributed by atoms with Crippen LogP contribution in [-0.2, 0) is 14.4 Å². The summed E-state index contributed by atoms with van der Waals surface area (Å²) in [6.45, 7) is 49.9. The summed E-state index contributed by atoms with van der Waals surface area (Å²) < 4.78 is 0. The fraction of sp³-hybridized carbons (Fsp3) is 0.946. The molecule has 0 aliphatic heterocycles. The van der Waals surface area contributed by atoms with Gasteiger partial charge in [-0.15, -0.1) is 0 Å². The van der Waals surface area contributed by atoms with E-state index in [1.165, 1.54) is 113 Å². The van der Waals surface area contributed by atoms with Gasteiger partial charge in [-0.05, 0) is 0 Å². The Balaban J connectivity index is 6.29. The summed E-state index contributed by atoms with van der Waals surface area (Å²) in [5.41, 5.74) is -0.817. The summed E-state index contributed by atoms with van der Waals surface area (Å²) >= 11 is 0. The molecule has 0 heterocycles. The van der Waals surface area contributed by atoms with E-state index >= 15 is 0 Å². The summed E-state index contributed by atoms with van der Waals surface area (Å²) in [5, 5.41) is 10.4. The van der Waals surface area contributed by atoms with Crippen molar-refractivity contribution in [2.24, 2.45) is 16.2 Å². The van der Waals surface area contributed by atoms with E-state index in [2.05, 4.69) is 159 Å². The molecule has 3 N–H and O–H groups in total. The van der Waals surface area contributed by atoms with Crippen LogP contribution in [0.4, 0.5) is 0 Å². The molecule has 0 aliphatic rings. The van der Waals surface area contributed by atoms with Gasteiger partial charge in [-0.3, -0.25) is 0 Å². The number of hydrogen-bond donors (Lipinski definition) is 3. The number of carbonyl (C=O) groups is 3. The van der Waals surface area contributed by atoms with Crippen LogP contribution >= 0.6 is 21.8 Å². The van der Waals surface area contributed by atoms with E-state index in [4.69, 9.17) is 0 Å². The Labute approximate surface area is 415 Å². The van der Waals surface area contributed by atoms with Gasteiger partial charge in [0.25, 0.3) is 0 Å². The topological polar surface area (TPSA) is 90.5 Å². The fourth-order valence-corrected chi connectivity index (χ4v) is 33.2. The third-order valence-electron chi connectivity index (χ3n) is 17.1. The average molecular weight is 992 g/mol. The molecule has 0 radical (unpaired) electrons. The van der Waals surface area contributed by atoms with Gasteiger partial charge in [-0.25, -0.2) is 0 Å². The van der Waals surface area contributed by atoms with Gasteiger partial charge < -0.3 is 0 Å². The van der Waals surface area contributed by atoms with Crippen LogP contribution in [0.1, 0.15) is 216 Å². The summed E-state index contributed by atoms with van der Waals surface area (Å²) in [5.74, 6) is 0.402. The third-order valence-corrected chi connectivity index (χ3v) is 38.7. The quantitative estimate of drug-likeness (QED) is 0.0535. The molecule has 0 aromatic carbocycles. The second kappa shape index (κ2) is 30.5. The molecule has 0 spiro atoms. The Morgan fingerprint density at radius 2 is 0.652 bits per heavy atom. The summed E-state index contributed by atoms with van der Waals surface area (Å²) in [6.07, 6.45) is 25.9. The van der Waals surface area contributed by atoms with Gasteiger partial charge in [0.05, 0.1) is 0 Å². The zero-order chi connectivity index (χ0) is 51.1. The van der Waals surface area contributed by atoms with E-state index in [1.807, 2.05) is 0 Å². The van der Waals surface area contributed by atoms with Crippen molar-refractivity contribution in [3.63, 3.8) is 0 Å². The molecular formula is C56H121N4O3P3. The minimum atomic E-state index is -1.62. The van der Waals surface area contributed by atoms with Gasteiger partial charge in [-0.1, -0.05) is 0 Å². The summed E-state index contributed by atoms with van der Waals surface area (Å²) in [4.78, 5) is 44.6. The number of nitrogens with zero attached hydrogens (tertiary/aromatic N) is 1. The van der Waals surface area contributed by atoms with Gasteiger partial charge in [0.2, 0.25) is 0 Å². The number of hydrogen-bond acceptors (Lipinski definition) is 4. The first-order valence-electron chi connectivity index (χ1n) is 28.2. The van der Waals surface area contributed by atoms with Crippen molar-refractivity contribution in [2.45, 2.75) is 231 Å². The van der Waals surface area contributed by atoms with E-state index in [-0.39, 0.29) is 28.0 Å². The van der Waals surface area contributed by atoms with Crippen LogP contribution in [0.25, 0.3) is 0 Å². The maximum atomic E-state index is 14.1. The second-order valence-electron chi connectivity index (χ2n) is 25.2. The monoisotopic (exact) mass is 991 g/mol. The molecule has 0 aromatic heterocycles.